The normalized spacial score (nSPS) is 12.6. The molecule has 0 aliphatic rings. The monoisotopic (exact) mass is 146 g/mol. The van der Waals surface area contributed by atoms with Crippen LogP contribution in [0.15, 0.2) is 0 Å². The molecule has 0 bridgehead atoms. The van der Waals surface area contributed by atoms with E-state index in [4.69, 9.17) is 11.5 Å². The molecule has 0 aromatic rings. The van der Waals surface area contributed by atoms with Crippen molar-refractivity contribution in [3.05, 3.63) is 0 Å². The highest BCUT2D eigenvalue weighted by Crippen LogP contribution is 1.98. The predicted molar refractivity (Wildman–Crippen MR) is 38.2 cm³/mol. The Morgan fingerprint density at radius 1 is 1.70 bits per heavy atom. The fourth-order valence-corrected chi connectivity index (χ4v) is 0.613. The molecule has 0 saturated heterocycles. The van der Waals surface area contributed by atoms with Gasteiger partial charge in [0.1, 0.15) is 0 Å². The fraction of sp³-hybridized carbons (Fsp3) is 0.833. The second-order valence-electron chi connectivity index (χ2n) is 2.12. The quantitative estimate of drug-likeness (QED) is 0.569. The van der Waals surface area contributed by atoms with Gasteiger partial charge in [0.05, 0.1) is 0 Å². The van der Waals surface area contributed by atoms with Crippen LogP contribution in [-0.2, 0) is 4.74 Å². The molecule has 1 amide bonds. The standard InChI is InChI=1S/C6H14N2O2/c1-2-3-4-5(7)10-6(8)9/h5H,2-4,7H2,1H3,(H2,8,9). The maximum absolute atomic E-state index is 10.1. The predicted octanol–water partition coefficient (Wildman–Crippen LogP) is 0.557. The van der Waals surface area contributed by atoms with E-state index in [0.29, 0.717) is 6.42 Å². The Kier molecular flexibility index (Phi) is 4.66. The summed E-state index contributed by atoms with van der Waals surface area (Å²) in [6.45, 7) is 2.04. The average molecular weight is 146 g/mol. The molecule has 0 spiro atoms. The number of rotatable bonds is 4. The van der Waals surface area contributed by atoms with Gasteiger partial charge >= 0.3 is 6.09 Å². The lowest BCUT2D eigenvalue weighted by molar-refractivity contribution is 0.103. The molecule has 0 aromatic heterocycles. The van der Waals surface area contributed by atoms with Gasteiger partial charge in [-0.3, -0.25) is 5.73 Å². The van der Waals surface area contributed by atoms with Crippen LogP contribution in [0.25, 0.3) is 0 Å². The van der Waals surface area contributed by atoms with Crippen molar-refractivity contribution in [3.8, 4) is 0 Å². The summed E-state index contributed by atoms with van der Waals surface area (Å²) in [6.07, 6.45) is 1.34. The van der Waals surface area contributed by atoms with Crippen molar-refractivity contribution >= 4 is 6.09 Å². The first-order chi connectivity index (χ1) is 4.66. The van der Waals surface area contributed by atoms with Crippen LogP contribution >= 0.6 is 0 Å². The molecule has 0 fully saturated rings. The molecule has 4 nitrogen and oxygen atoms in total. The smallest absolute Gasteiger partial charge is 0.406 e. The number of carbonyl (C=O) groups is 1. The molecule has 0 radical (unpaired) electrons. The van der Waals surface area contributed by atoms with E-state index in [2.05, 4.69) is 4.74 Å². The van der Waals surface area contributed by atoms with Crippen LogP contribution in [0, 0.1) is 0 Å². The maximum atomic E-state index is 10.1. The lowest BCUT2D eigenvalue weighted by Gasteiger charge is -2.09. The largest absolute Gasteiger partial charge is 0.431 e. The molecule has 60 valence electrons. The van der Waals surface area contributed by atoms with Crippen molar-refractivity contribution in [2.45, 2.75) is 32.4 Å². The van der Waals surface area contributed by atoms with Crippen molar-refractivity contribution < 1.29 is 9.53 Å². The Bertz CT molecular complexity index is 106. The van der Waals surface area contributed by atoms with E-state index in [0.717, 1.165) is 12.8 Å². The third-order valence-electron chi connectivity index (χ3n) is 1.11. The van der Waals surface area contributed by atoms with Crippen LogP contribution in [-0.4, -0.2) is 12.3 Å². The van der Waals surface area contributed by atoms with Gasteiger partial charge < -0.3 is 10.5 Å². The summed E-state index contributed by atoms with van der Waals surface area (Å²) in [6, 6.07) is 0. The fourth-order valence-electron chi connectivity index (χ4n) is 0.613. The van der Waals surface area contributed by atoms with Crippen LogP contribution in [0.5, 0.6) is 0 Å². The number of carbonyl (C=O) groups excluding carboxylic acids is 1. The molecule has 4 N–H and O–H groups in total. The molecule has 0 saturated carbocycles. The first-order valence-corrected chi connectivity index (χ1v) is 3.38. The van der Waals surface area contributed by atoms with Crippen molar-refractivity contribution in [2.24, 2.45) is 11.5 Å². The van der Waals surface area contributed by atoms with Gasteiger partial charge in [-0.05, 0) is 12.8 Å². The van der Waals surface area contributed by atoms with Crippen molar-refractivity contribution in [2.75, 3.05) is 0 Å². The van der Waals surface area contributed by atoms with Crippen molar-refractivity contribution in [1.29, 1.82) is 0 Å². The molecule has 0 rings (SSSR count). The zero-order chi connectivity index (χ0) is 7.98. The Hall–Kier alpha value is -0.770. The Morgan fingerprint density at radius 3 is 2.70 bits per heavy atom. The summed E-state index contributed by atoms with van der Waals surface area (Å²) in [5.74, 6) is 0. The van der Waals surface area contributed by atoms with Crippen molar-refractivity contribution in [1.82, 2.24) is 0 Å². The highest BCUT2D eigenvalue weighted by Gasteiger charge is 2.03. The van der Waals surface area contributed by atoms with Crippen LogP contribution in [0.1, 0.15) is 26.2 Å². The summed E-state index contributed by atoms with van der Waals surface area (Å²) in [4.78, 5) is 10.1. The van der Waals surface area contributed by atoms with Gasteiger partial charge in [0.2, 0.25) is 0 Å². The molecule has 1 unspecified atom stereocenters. The zero-order valence-corrected chi connectivity index (χ0v) is 6.17. The first-order valence-electron chi connectivity index (χ1n) is 3.38. The second kappa shape index (κ2) is 5.05. The zero-order valence-electron chi connectivity index (χ0n) is 6.17. The molecule has 0 aliphatic heterocycles. The molecule has 0 heterocycles. The van der Waals surface area contributed by atoms with Gasteiger partial charge in [0, 0.05) is 0 Å². The molecular formula is C6H14N2O2. The number of hydrogen-bond donors (Lipinski definition) is 2. The first kappa shape index (κ1) is 9.23. The number of nitrogens with two attached hydrogens (primary N) is 2. The van der Waals surface area contributed by atoms with Gasteiger partial charge in [-0.15, -0.1) is 0 Å². The van der Waals surface area contributed by atoms with E-state index in [1.165, 1.54) is 0 Å². The van der Waals surface area contributed by atoms with Crippen molar-refractivity contribution in [3.63, 3.8) is 0 Å². The summed E-state index contributed by atoms with van der Waals surface area (Å²) in [7, 11) is 0. The van der Waals surface area contributed by atoms with E-state index >= 15 is 0 Å². The minimum Gasteiger partial charge on any atom is -0.431 e. The Balaban J connectivity index is 3.25. The van der Waals surface area contributed by atoms with Crippen LogP contribution < -0.4 is 11.5 Å². The second-order valence-corrected chi connectivity index (χ2v) is 2.12. The molecule has 0 aromatic carbocycles. The van der Waals surface area contributed by atoms with Crippen LogP contribution in [0.3, 0.4) is 0 Å². The number of hydrogen-bond acceptors (Lipinski definition) is 3. The van der Waals surface area contributed by atoms with E-state index in [1.807, 2.05) is 6.92 Å². The lowest BCUT2D eigenvalue weighted by Crippen LogP contribution is -2.29. The lowest BCUT2D eigenvalue weighted by atomic mass is 10.2. The van der Waals surface area contributed by atoms with Gasteiger partial charge in [-0.25, -0.2) is 4.79 Å². The third kappa shape index (κ3) is 5.37. The maximum Gasteiger partial charge on any atom is 0.406 e. The minimum absolute atomic E-state index is 0.530. The van der Waals surface area contributed by atoms with E-state index in [9.17, 15) is 4.79 Å². The van der Waals surface area contributed by atoms with Crippen LogP contribution in [0.4, 0.5) is 4.79 Å². The topological polar surface area (TPSA) is 78.3 Å². The summed E-state index contributed by atoms with van der Waals surface area (Å²) in [5.41, 5.74) is 10.1. The Morgan fingerprint density at radius 2 is 2.30 bits per heavy atom. The van der Waals surface area contributed by atoms with Crippen LogP contribution in [0.2, 0.25) is 0 Å². The summed E-state index contributed by atoms with van der Waals surface area (Å²) >= 11 is 0. The SMILES string of the molecule is CCCCC(N)OC(N)=O. The molecule has 4 heteroatoms. The number of unbranched alkanes of at least 4 members (excludes halogenated alkanes) is 1. The molecule has 1 atom stereocenters. The number of amides is 1. The van der Waals surface area contributed by atoms with E-state index < -0.39 is 12.3 Å². The Labute approximate surface area is 60.5 Å². The highest BCUT2D eigenvalue weighted by molar-refractivity contribution is 5.64. The summed E-state index contributed by atoms with van der Waals surface area (Å²) < 4.78 is 4.47. The van der Waals surface area contributed by atoms with E-state index in [1.54, 1.807) is 0 Å². The summed E-state index contributed by atoms with van der Waals surface area (Å²) in [5, 5.41) is 0. The molecule has 0 aliphatic carbocycles. The van der Waals surface area contributed by atoms with Gasteiger partial charge in [0.25, 0.3) is 0 Å². The highest BCUT2D eigenvalue weighted by atomic mass is 16.6. The van der Waals surface area contributed by atoms with Gasteiger partial charge in [0.15, 0.2) is 6.23 Å². The van der Waals surface area contributed by atoms with Gasteiger partial charge in [-0.1, -0.05) is 13.3 Å². The van der Waals surface area contributed by atoms with Gasteiger partial charge in [-0.2, -0.15) is 0 Å². The minimum atomic E-state index is -0.802. The average Bonchev–Trinajstić information content (AvgIpc) is 1.82. The molecular weight excluding hydrogens is 132 g/mol. The number of ether oxygens (including phenoxy) is 1. The third-order valence-corrected chi connectivity index (χ3v) is 1.11. The van der Waals surface area contributed by atoms with E-state index in [-0.39, 0.29) is 0 Å². The molecule has 10 heavy (non-hydrogen) atoms. The number of primary amides is 1.